The molecule has 2 atom stereocenters. The van der Waals surface area contributed by atoms with Crippen molar-refractivity contribution < 1.29 is 37.6 Å². The highest BCUT2D eigenvalue weighted by Crippen LogP contribution is 2.43. The molecular formula is C39H76NO8P. The monoisotopic (exact) mass is 718 g/mol. The number of carbonyl (C=O) groups excluding carboxylic acids is 2. The van der Waals surface area contributed by atoms with Gasteiger partial charge in [-0.1, -0.05) is 154 Å². The zero-order chi connectivity index (χ0) is 36.1. The average molecular weight is 718 g/mol. The summed E-state index contributed by atoms with van der Waals surface area (Å²) in [5, 5.41) is 0. The molecular weight excluding hydrogens is 641 g/mol. The maximum Gasteiger partial charge on any atom is 0.472 e. The second kappa shape index (κ2) is 36.5. The molecule has 9 nitrogen and oxygen atoms in total. The van der Waals surface area contributed by atoms with Gasteiger partial charge >= 0.3 is 19.8 Å². The van der Waals surface area contributed by atoms with Crippen LogP contribution >= 0.6 is 7.82 Å². The predicted molar refractivity (Wildman–Crippen MR) is 201 cm³/mol. The molecule has 0 aromatic rings. The number of phosphoric ester groups is 1. The van der Waals surface area contributed by atoms with Gasteiger partial charge in [-0.25, -0.2) is 4.57 Å². The van der Waals surface area contributed by atoms with Gasteiger partial charge in [-0.05, 0) is 38.5 Å². The van der Waals surface area contributed by atoms with E-state index >= 15 is 0 Å². The minimum atomic E-state index is -4.37. The third kappa shape index (κ3) is 36.3. The number of ether oxygens (including phenoxy) is 2. The van der Waals surface area contributed by atoms with Crippen LogP contribution in [0.2, 0.25) is 0 Å². The quantitative estimate of drug-likeness (QED) is 0.0277. The van der Waals surface area contributed by atoms with Gasteiger partial charge in [0.05, 0.1) is 13.2 Å². The molecule has 0 spiro atoms. The van der Waals surface area contributed by atoms with Gasteiger partial charge in [0, 0.05) is 19.4 Å². The number of hydrogen-bond donors (Lipinski definition) is 2. The third-order valence-corrected chi connectivity index (χ3v) is 9.64. The summed E-state index contributed by atoms with van der Waals surface area (Å²) in [4.78, 5) is 34.7. The van der Waals surface area contributed by atoms with Crippen molar-refractivity contribution in [1.29, 1.82) is 0 Å². The second-order valence-corrected chi connectivity index (χ2v) is 15.0. The van der Waals surface area contributed by atoms with E-state index in [1.807, 2.05) is 0 Å². The lowest BCUT2D eigenvalue weighted by atomic mass is 10.0. The lowest BCUT2D eigenvalue weighted by molar-refractivity contribution is -0.161. The van der Waals surface area contributed by atoms with Gasteiger partial charge in [0.2, 0.25) is 0 Å². The van der Waals surface area contributed by atoms with Crippen molar-refractivity contribution in [2.24, 2.45) is 5.73 Å². The summed E-state index contributed by atoms with van der Waals surface area (Å²) in [5.74, 6) is -0.831. The molecule has 0 radical (unpaired) electrons. The molecule has 0 fully saturated rings. The maximum absolute atomic E-state index is 12.5. The minimum absolute atomic E-state index is 0.0546. The molecule has 290 valence electrons. The molecule has 0 heterocycles. The molecule has 0 aromatic carbocycles. The molecule has 10 heteroatoms. The van der Waals surface area contributed by atoms with Crippen LogP contribution < -0.4 is 5.73 Å². The number of hydrogen-bond acceptors (Lipinski definition) is 8. The van der Waals surface area contributed by atoms with Gasteiger partial charge in [-0.2, -0.15) is 0 Å². The molecule has 0 aliphatic carbocycles. The molecule has 0 aliphatic rings. The van der Waals surface area contributed by atoms with Crippen molar-refractivity contribution in [2.75, 3.05) is 26.4 Å². The molecule has 49 heavy (non-hydrogen) atoms. The van der Waals surface area contributed by atoms with Gasteiger partial charge in [-0.3, -0.25) is 18.6 Å². The lowest BCUT2D eigenvalue weighted by Crippen LogP contribution is -2.29. The molecule has 0 rings (SSSR count). The molecule has 0 aromatic heterocycles. The zero-order valence-corrected chi connectivity index (χ0v) is 32.6. The van der Waals surface area contributed by atoms with E-state index in [1.54, 1.807) is 0 Å². The molecule has 0 bridgehead atoms. The fraction of sp³-hybridized carbons (Fsp3) is 0.897. The van der Waals surface area contributed by atoms with Crippen LogP contribution in [0.4, 0.5) is 0 Å². The Morgan fingerprint density at radius 3 is 1.45 bits per heavy atom. The van der Waals surface area contributed by atoms with Crippen molar-refractivity contribution in [3.63, 3.8) is 0 Å². The fourth-order valence-electron chi connectivity index (χ4n) is 5.63. The van der Waals surface area contributed by atoms with Crippen molar-refractivity contribution in [3.05, 3.63) is 12.2 Å². The first-order chi connectivity index (χ1) is 23.8. The van der Waals surface area contributed by atoms with E-state index < -0.39 is 26.5 Å². The Morgan fingerprint density at radius 2 is 1.00 bits per heavy atom. The van der Waals surface area contributed by atoms with E-state index in [0.717, 1.165) is 51.4 Å². The number of carbonyl (C=O) groups is 2. The summed E-state index contributed by atoms with van der Waals surface area (Å²) in [6, 6.07) is 0. The van der Waals surface area contributed by atoms with Crippen LogP contribution in [-0.2, 0) is 32.7 Å². The summed E-state index contributed by atoms with van der Waals surface area (Å²) < 4.78 is 32.7. The van der Waals surface area contributed by atoms with E-state index in [0.29, 0.717) is 6.42 Å². The van der Waals surface area contributed by atoms with Gasteiger partial charge < -0.3 is 20.1 Å². The fourth-order valence-corrected chi connectivity index (χ4v) is 6.39. The Hall–Kier alpha value is -1.25. The van der Waals surface area contributed by atoms with Crippen LogP contribution in [0.1, 0.15) is 194 Å². The van der Waals surface area contributed by atoms with Crippen molar-refractivity contribution in [3.8, 4) is 0 Å². The molecule has 1 unspecified atom stereocenters. The average Bonchev–Trinajstić information content (AvgIpc) is 3.08. The number of esters is 2. The number of rotatable bonds is 38. The Kier molecular flexibility index (Phi) is 35.6. The summed E-state index contributed by atoms with van der Waals surface area (Å²) in [5.41, 5.74) is 5.33. The molecule has 0 saturated heterocycles. The first-order valence-corrected chi connectivity index (χ1v) is 21.7. The van der Waals surface area contributed by atoms with Gasteiger partial charge in [-0.15, -0.1) is 0 Å². The Bertz CT molecular complexity index is 825. The highest BCUT2D eigenvalue weighted by molar-refractivity contribution is 7.47. The highest BCUT2D eigenvalue weighted by atomic mass is 31.2. The van der Waals surface area contributed by atoms with Crippen molar-refractivity contribution >= 4 is 19.8 Å². The number of phosphoric acid groups is 1. The first kappa shape index (κ1) is 47.8. The third-order valence-electron chi connectivity index (χ3n) is 8.65. The Balaban J connectivity index is 4.19. The summed E-state index contributed by atoms with van der Waals surface area (Å²) >= 11 is 0. The van der Waals surface area contributed by atoms with Crippen LogP contribution in [-0.4, -0.2) is 49.3 Å². The van der Waals surface area contributed by atoms with E-state index in [9.17, 15) is 19.0 Å². The van der Waals surface area contributed by atoms with E-state index in [1.165, 1.54) is 109 Å². The Labute approximate surface area is 300 Å². The van der Waals surface area contributed by atoms with Crippen LogP contribution in [0.3, 0.4) is 0 Å². The topological polar surface area (TPSA) is 134 Å². The number of nitrogens with two attached hydrogens (primary N) is 1. The SMILES string of the molecule is CCCCCCCC/C=C/CCCCCCCC(=O)O[C@H](COC(=O)CCCCCCCCCCCCCCC)COP(=O)(O)OCCN. The van der Waals surface area contributed by atoms with Crippen LogP contribution in [0.15, 0.2) is 12.2 Å². The highest BCUT2D eigenvalue weighted by Gasteiger charge is 2.26. The normalized spacial score (nSPS) is 13.5. The van der Waals surface area contributed by atoms with Crippen LogP contribution in [0.25, 0.3) is 0 Å². The summed E-state index contributed by atoms with van der Waals surface area (Å²) in [6.45, 7) is 3.73. The first-order valence-electron chi connectivity index (χ1n) is 20.2. The van der Waals surface area contributed by atoms with Crippen molar-refractivity contribution in [2.45, 2.75) is 200 Å². The largest absolute Gasteiger partial charge is 0.472 e. The maximum atomic E-state index is 12.5. The molecule has 0 amide bonds. The van der Waals surface area contributed by atoms with Crippen molar-refractivity contribution in [1.82, 2.24) is 0 Å². The summed E-state index contributed by atoms with van der Waals surface area (Å²) in [6.07, 6.45) is 35.2. The molecule has 3 N–H and O–H groups in total. The van der Waals surface area contributed by atoms with E-state index in [2.05, 4.69) is 26.0 Å². The lowest BCUT2D eigenvalue weighted by Gasteiger charge is -2.19. The smallest absolute Gasteiger partial charge is 0.462 e. The standard InChI is InChI=1S/C39H76NO8P/c1-3-5-7-9-11-13-15-17-18-20-22-24-26-28-30-32-39(42)48-37(36-47-49(43,44)46-34-33-40)35-45-38(41)31-29-27-25-23-21-19-16-14-12-10-8-6-4-2/h17-18,37H,3-16,19-36,40H2,1-2H3,(H,43,44)/b18-17+/t37-/m1/s1. The van der Waals surface area contributed by atoms with Crippen LogP contribution in [0.5, 0.6) is 0 Å². The van der Waals surface area contributed by atoms with Gasteiger partial charge in [0.15, 0.2) is 6.10 Å². The molecule has 0 aliphatic heterocycles. The number of unbranched alkanes of at least 4 members (excludes halogenated alkanes) is 23. The summed E-state index contributed by atoms with van der Waals surface area (Å²) in [7, 11) is -4.37. The van der Waals surface area contributed by atoms with Gasteiger partial charge in [0.1, 0.15) is 6.61 Å². The van der Waals surface area contributed by atoms with E-state index in [4.69, 9.17) is 24.3 Å². The van der Waals surface area contributed by atoms with E-state index in [-0.39, 0.29) is 38.6 Å². The second-order valence-electron chi connectivity index (χ2n) is 13.5. The number of allylic oxidation sites excluding steroid dienone is 2. The zero-order valence-electron chi connectivity index (χ0n) is 31.7. The molecule has 0 saturated carbocycles. The van der Waals surface area contributed by atoms with Gasteiger partial charge in [0.25, 0.3) is 0 Å². The minimum Gasteiger partial charge on any atom is -0.462 e. The van der Waals surface area contributed by atoms with Crippen LogP contribution in [0, 0.1) is 0 Å². The Morgan fingerprint density at radius 1 is 0.592 bits per heavy atom. The predicted octanol–water partition coefficient (Wildman–Crippen LogP) is 11.1.